The van der Waals surface area contributed by atoms with Crippen LogP contribution in [0.5, 0.6) is 11.5 Å². The van der Waals surface area contributed by atoms with Crippen LogP contribution < -0.4 is 9.46 Å². The van der Waals surface area contributed by atoms with Gasteiger partial charge in [-0.15, -0.1) is 22.7 Å². The summed E-state index contributed by atoms with van der Waals surface area (Å²) in [5, 5.41) is 4.64. The topological polar surface area (TPSA) is 81.2 Å². The second-order valence-electron chi connectivity index (χ2n) is 5.88. The zero-order chi connectivity index (χ0) is 20.4. The van der Waals surface area contributed by atoms with Gasteiger partial charge in [0, 0.05) is 22.5 Å². The minimum Gasteiger partial charge on any atom is -0.454 e. The summed E-state index contributed by atoms with van der Waals surface area (Å²) < 4.78 is 47.5. The number of sulfonamides is 1. The standard InChI is InChI=1S/C19H14FN3O3S3/c1-12-22-16(11-28-12)14-4-2-3-5-17(14)26-18-7-6-13(10-15(18)20)29(24,25)23-19-21-8-9-27-19/h2-11H,1H3,(H,21,23). The molecule has 0 aliphatic heterocycles. The molecule has 0 spiro atoms. The van der Waals surface area contributed by atoms with Crippen molar-refractivity contribution in [3.05, 3.63) is 70.2 Å². The number of aryl methyl sites for hydroxylation is 1. The van der Waals surface area contributed by atoms with Crippen molar-refractivity contribution in [2.45, 2.75) is 11.8 Å². The number of hydrogen-bond acceptors (Lipinski definition) is 7. The van der Waals surface area contributed by atoms with Crippen LogP contribution in [0.15, 0.2) is 64.3 Å². The lowest BCUT2D eigenvalue weighted by Crippen LogP contribution is -2.13. The molecule has 0 unspecified atom stereocenters. The molecule has 0 aliphatic carbocycles. The Balaban J connectivity index is 1.62. The summed E-state index contributed by atoms with van der Waals surface area (Å²) >= 11 is 2.63. The SMILES string of the molecule is Cc1nc(-c2ccccc2Oc2ccc(S(=O)(=O)Nc3nccs3)cc2F)cs1. The number of halogens is 1. The molecule has 0 saturated carbocycles. The number of nitrogens with one attached hydrogen (secondary N) is 1. The van der Waals surface area contributed by atoms with Crippen LogP contribution in [0.1, 0.15) is 5.01 Å². The molecule has 0 saturated heterocycles. The van der Waals surface area contributed by atoms with E-state index in [0.29, 0.717) is 5.75 Å². The highest BCUT2D eigenvalue weighted by Gasteiger charge is 2.19. The van der Waals surface area contributed by atoms with Gasteiger partial charge >= 0.3 is 0 Å². The second kappa shape index (κ2) is 7.90. The summed E-state index contributed by atoms with van der Waals surface area (Å²) in [5.41, 5.74) is 1.45. The quantitative estimate of drug-likeness (QED) is 0.433. The fraction of sp³-hybridized carbons (Fsp3) is 0.0526. The Morgan fingerprint density at radius 3 is 2.62 bits per heavy atom. The van der Waals surface area contributed by atoms with Gasteiger partial charge in [0.1, 0.15) is 5.75 Å². The van der Waals surface area contributed by atoms with E-state index in [1.807, 2.05) is 24.4 Å². The average Bonchev–Trinajstić information content (AvgIpc) is 3.35. The monoisotopic (exact) mass is 447 g/mol. The van der Waals surface area contributed by atoms with Gasteiger partial charge in [-0.3, -0.25) is 4.72 Å². The van der Waals surface area contributed by atoms with E-state index in [4.69, 9.17) is 4.74 Å². The van der Waals surface area contributed by atoms with Gasteiger partial charge < -0.3 is 4.74 Å². The molecule has 29 heavy (non-hydrogen) atoms. The summed E-state index contributed by atoms with van der Waals surface area (Å²) in [5.74, 6) is -0.456. The lowest BCUT2D eigenvalue weighted by Gasteiger charge is -2.12. The first-order valence-electron chi connectivity index (χ1n) is 8.33. The van der Waals surface area contributed by atoms with Crippen molar-refractivity contribution in [1.82, 2.24) is 9.97 Å². The van der Waals surface area contributed by atoms with Crippen LogP contribution in [-0.2, 0) is 10.0 Å². The fourth-order valence-electron chi connectivity index (χ4n) is 2.55. The molecule has 0 amide bonds. The number of thiazole rings is 2. The highest BCUT2D eigenvalue weighted by atomic mass is 32.2. The number of nitrogens with zero attached hydrogens (tertiary/aromatic N) is 2. The molecule has 4 rings (SSSR count). The molecule has 2 aromatic carbocycles. The molecule has 2 aromatic heterocycles. The molecule has 148 valence electrons. The van der Waals surface area contributed by atoms with Crippen LogP contribution in [0.3, 0.4) is 0 Å². The summed E-state index contributed by atoms with van der Waals surface area (Å²) in [6, 6.07) is 10.6. The van der Waals surface area contributed by atoms with Gasteiger partial charge in [-0.2, -0.15) is 0 Å². The molecule has 0 atom stereocenters. The van der Waals surface area contributed by atoms with Crippen molar-refractivity contribution in [3.63, 3.8) is 0 Å². The molecule has 0 bridgehead atoms. The summed E-state index contributed by atoms with van der Waals surface area (Å²) in [4.78, 5) is 8.09. The Kier molecular flexibility index (Phi) is 5.31. The van der Waals surface area contributed by atoms with Crippen LogP contribution >= 0.6 is 22.7 Å². The lowest BCUT2D eigenvalue weighted by atomic mass is 10.1. The molecular formula is C19H14FN3O3S3. The van der Waals surface area contributed by atoms with Crippen molar-refractivity contribution < 1.29 is 17.5 Å². The van der Waals surface area contributed by atoms with E-state index in [2.05, 4.69) is 14.7 Å². The molecule has 0 fully saturated rings. The first-order valence-corrected chi connectivity index (χ1v) is 11.6. The molecule has 2 heterocycles. The van der Waals surface area contributed by atoms with Crippen LogP contribution in [-0.4, -0.2) is 18.4 Å². The molecule has 10 heteroatoms. The molecular weight excluding hydrogens is 433 g/mol. The number of para-hydroxylation sites is 1. The van der Waals surface area contributed by atoms with Gasteiger partial charge in [0.15, 0.2) is 16.7 Å². The largest absolute Gasteiger partial charge is 0.454 e. The third-order valence-corrected chi connectivity index (χ3v) is 6.80. The molecule has 0 aliphatic rings. The summed E-state index contributed by atoms with van der Waals surface area (Å²) in [6.45, 7) is 1.90. The van der Waals surface area contributed by atoms with Crippen LogP contribution in [0, 0.1) is 12.7 Å². The minimum atomic E-state index is -3.95. The van der Waals surface area contributed by atoms with Crippen LogP contribution in [0.4, 0.5) is 9.52 Å². The maximum Gasteiger partial charge on any atom is 0.263 e. The smallest absolute Gasteiger partial charge is 0.263 e. The molecule has 6 nitrogen and oxygen atoms in total. The third-order valence-electron chi connectivity index (χ3n) is 3.87. The van der Waals surface area contributed by atoms with Gasteiger partial charge in [-0.25, -0.2) is 22.8 Å². The number of rotatable bonds is 6. The van der Waals surface area contributed by atoms with Crippen molar-refractivity contribution in [3.8, 4) is 22.8 Å². The van der Waals surface area contributed by atoms with Gasteiger partial charge in [0.2, 0.25) is 0 Å². The summed E-state index contributed by atoms with van der Waals surface area (Å²) in [6.07, 6.45) is 1.47. The Hall–Kier alpha value is -2.82. The minimum absolute atomic E-state index is 0.0856. The number of benzene rings is 2. The Morgan fingerprint density at radius 2 is 1.93 bits per heavy atom. The number of hydrogen-bond donors (Lipinski definition) is 1. The van der Waals surface area contributed by atoms with E-state index in [1.165, 1.54) is 29.7 Å². The normalized spacial score (nSPS) is 11.4. The lowest BCUT2D eigenvalue weighted by molar-refractivity contribution is 0.442. The van der Waals surface area contributed by atoms with Gasteiger partial charge in [0.25, 0.3) is 10.0 Å². The Morgan fingerprint density at radius 1 is 1.10 bits per heavy atom. The average molecular weight is 448 g/mol. The van der Waals surface area contributed by atoms with Crippen molar-refractivity contribution in [2.75, 3.05) is 4.72 Å². The van der Waals surface area contributed by atoms with E-state index < -0.39 is 15.8 Å². The van der Waals surface area contributed by atoms with Crippen molar-refractivity contribution in [2.24, 2.45) is 0 Å². The van der Waals surface area contributed by atoms with E-state index in [-0.39, 0.29) is 15.8 Å². The predicted molar refractivity (Wildman–Crippen MR) is 112 cm³/mol. The van der Waals surface area contributed by atoms with Gasteiger partial charge in [0.05, 0.1) is 15.6 Å². The molecule has 0 radical (unpaired) electrons. The molecule has 4 aromatic rings. The zero-order valence-corrected chi connectivity index (χ0v) is 17.4. The van der Waals surface area contributed by atoms with Crippen LogP contribution in [0.25, 0.3) is 11.3 Å². The van der Waals surface area contributed by atoms with Crippen molar-refractivity contribution in [1.29, 1.82) is 0 Å². The first-order chi connectivity index (χ1) is 13.9. The van der Waals surface area contributed by atoms with E-state index in [9.17, 15) is 12.8 Å². The van der Waals surface area contributed by atoms with Gasteiger partial charge in [-0.05, 0) is 37.3 Å². The highest BCUT2D eigenvalue weighted by Crippen LogP contribution is 2.35. The van der Waals surface area contributed by atoms with E-state index in [0.717, 1.165) is 33.7 Å². The van der Waals surface area contributed by atoms with E-state index in [1.54, 1.807) is 17.5 Å². The third kappa shape index (κ3) is 4.29. The summed E-state index contributed by atoms with van der Waals surface area (Å²) in [7, 11) is -3.95. The Labute approximate surface area is 174 Å². The molecule has 1 N–H and O–H groups in total. The van der Waals surface area contributed by atoms with Crippen molar-refractivity contribution >= 4 is 37.8 Å². The van der Waals surface area contributed by atoms with Crippen LogP contribution in [0.2, 0.25) is 0 Å². The number of ether oxygens (including phenoxy) is 1. The predicted octanol–water partition coefficient (Wildman–Crippen LogP) is 5.31. The van der Waals surface area contributed by atoms with E-state index >= 15 is 0 Å². The second-order valence-corrected chi connectivity index (χ2v) is 9.52. The highest BCUT2D eigenvalue weighted by molar-refractivity contribution is 7.93. The number of anilines is 1. The Bertz CT molecular complexity index is 1250. The first kappa shape index (κ1) is 19.5. The van der Waals surface area contributed by atoms with Gasteiger partial charge in [-0.1, -0.05) is 12.1 Å². The zero-order valence-electron chi connectivity index (χ0n) is 15.0. The number of aromatic nitrogens is 2. The maximum absolute atomic E-state index is 14.6. The fourth-order valence-corrected chi connectivity index (χ4v) is 4.97. The maximum atomic E-state index is 14.6.